The van der Waals surface area contributed by atoms with Gasteiger partial charge in [-0.15, -0.1) is 11.8 Å². The summed E-state index contributed by atoms with van der Waals surface area (Å²) >= 11 is 1.52. The fourth-order valence-electron chi connectivity index (χ4n) is 4.06. The summed E-state index contributed by atoms with van der Waals surface area (Å²) in [6, 6.07) is 16.3. The summed E-state index contributed by atoms with van der Waals surface area (Å²) < 4.78 is 2.03. The number of nitrogens with zero attached hydrogens (tertiary/aromatic N) is 2. The normalized spacial score (nSPS) is 14.6. The number of carbonyl (C=O) groups excluding carboxylic acids is 2. The number of aromatic nitrogens is 1. The predicted octanol–water partition coefficient (Wildman–Crippen LogP) is 4.62. The van der Waals surface area contributed by atoms with E-state index in [2.05, 4.69) is 37.4 Å². The lowest BCUT2D eigenvalue weighted by Gasteiger charge is -2.30. The van der Waals surface area contributed by atoms with E-state index < -0.39 is 0 Å². The number of carbonyl (C=O) groups is 2. The van der Waals surface area contributed by atoms with Gasteiger partial charge in [-0.3, -0.25) is 9.59 Å². The molecule has 4 rings (SSSR count). The Morgan fingerprint density at radius 1 is 1.06 bits per heavy atom. The fourth-order valence-corrected chi connectivity index (χ4v) is 4.98. The molecule has 0 radical (unpaired) electrons. The molecule has 168 valence electrons. The Labute approximate surface area is 194 Å². The van der Waals surface area contributed by atoms with Crippen LogP contribution in [0.3, 0.4) is 0 Å². The van der Waals surface area contributed by atoms with Gasteiger partial charge in [0, 0.05) is 41.6 Å². The second kappa shape index (κ2) is 10.3. The van der Waals surface area contributed by atoms with Gasteiger partial charge in [0.2, 0.25) is 11.8 Å². The number of hydrogen-bond acceptors (Lipinski definition) is 3. The standard InChI is InChI=1S/C26H31N3O2S/c1-19-7-9-21(10-8-19)15-27-25(30)18-32-24-16-29(23-6-4-3-5-22(23)24)17-26(31)28-13-11-20(2)12-14-28/h3-10,16,20H,11-15,17-18H2,1-2H3,(H,27,30). The third kappa shape index (κ3) is 5.54. The number of hydrogen-bond donors (Lipinski definition) is 1. The quantitative estimate of drug-likeness (QED) is 0.536. The first-order valence-corrected chi connectivity index (χ1v) is 12.3. The number of nitrogens with one attached hydrogen (secondary N) is 1. The Balaban J connectivity index is 1.38. The van der Waals surface area contributed by atoms with Gasteiger partial charge in [-0.25, -0.2) is 0 Å². The maximum absolute atomic E-state index is 12.9. The summed E-state index contributed by atoms with van der Waals surface area (Å²) in [4.78, 5) is 28.3. The monoisotopic (exact) mass is 449 g/mol. The first kappa shape index (κ1) is 22.5. The molecule has 32 heavy (non-hydrogen) atoms. The van der Waals surface area contributed by atoms with Crippen molar-refractivity contribution >= 4 is 34.5 Å². The summed E-state index contributed by atoms with van der Waals surface area (Å²) in [6.07, 6.45) is 4.18. The zero-order chi connectivity index (χ0) is 22.5. The Bertz CT molecular complexity index is 1080. The van der Waals surface area contributed by atoms with Crippen molar-refractivity contribution in [3.8, 4) is 0 Å². The van der Waals surface area contributed by atoms with Crippen LogP contribution in [0.15, 0.2) is 59.6 Å². The number of rotatable bonds is 7. The van der Waals surface area contributed by atoms with Crippen LogP contribution < -0.4 is 5.32 Å². The molecular weight excluding hydrogens is 418 g/mol. The molecule has 2 aromatic carbocycles. The maximum atomic E-state index is 12.9. The lowest BCUT2D eigenvalue weighted by atomic mass is 9.99. The molecule has 2 amide bonds. The number of fused-ring (bicyclic) bond motifs is 1. The zero-order valence-corrected chi connectivity index (χ0v) is 19.7. The van der Waals surface area contributed by atoms with Gasteiger partial charge < -0.3 is 14.8 Å². The molecule has 0 unspecified atom stereocenters. The molecule has 0 bridgehead atoms. The molecular formula is C26H31N3O2S. The molecule has 5 nitrogen and oxygen atoms in total. The average Bonchev–Trinajstić information content (AvgIpc) is 3.15. The second-order valence-electron chi connectivity index (χ2n) is 8.75. The average molecular weight is 450 g/mol. The van der Waals surface area contributed by atoms with Crippen molar-refractivity contribution in [3.63, 3.8) is 0 Å². The minimum Gasteiger partial charge on any atom is -0.351 e. The summed E-state index contributed by atoms with van der Waals surface area (Å²) in [5.74, 6) is 1.22. The maximum Gasteiger partial charge on any atom is 0.242 e. The molecule has 0 atom stereocenters. The predicted molar refractivity (Wildman–Crippen MR) is 131 cm³/mol. The van der Waals surface area contributed by atoms with Gasteiger partial charge in [0.1, 0.15) is 6.54 Å². The van der Waals surface area contributed by atoms with E-state index in [1.54, 1.807) is 0 Å². The molecule has 1 saturated heterocycles. The van der Waals surface area contributed by atoms with Crippen LogP contribution in [0, 0.1) is 12.8 Å². The van der Waals surface area contributed by atoms with Crippen LogP contribution in [-0.4, -0.2) is 40.1 Å². The summed E-state index contributed by atoms with van der Waals surface area (Å²) in [6.45, 7) is 6.88. The summed E-state index contributed by atoms with van der Waals surface area (Å²) in [5, 5.41) is 4.08. The van der Waals surface area contributed by atoms with Crippen molar-refractivity contribution in [2.45, 2.75) is 44.7 Å². The van der Waals surface area contributed by atoms with E-state index in [4.69, 9.17) is 0 Å². The van der Waals surface area contributed by atoms with Crippen LogP contribution in [0.25, 0.3) is 10.9 Å². The van der Waals surface area contributed by atoms with E-state index >= 15 is 0 Å². The molecule has 6 heteroatoms. The number of piperidine rings is 1. The molecule has 1 aliphatic rings. The highest BCUT2D eigenvalue weighted by Crippen LogP contribution is 2.30. The Morgan fingerprint density at radius 3 is 2.53 bits per heavy atom. The number of para-hydroxylation sites is 1. The van der Waals surface area contributed by atoms with Gasteiger partial charge in [-0.2, -0.15) is 0 Å². The molecule has 1 N–H and O–H groups in total. The molecule has 0 spiro atoms. The van der Waals surface area contributed by atoms with E-state index in [9.17, 15) is 9.59 Å². The lowest BCUT2D eigenvalue weighted by Crippen LogP contribution is -2.39. The van der Waals surface area contributed by atoms with Crippen LogP contribution in [-0.2, 0) is 22.7 Å². The van der Waals surface area contributed by atoms with Crippen molar-refractivity contribution in [2.24, 2.45) is 5.92 Å². The van der Waals surface area contributed by atoms with E-state index in [-0.39, 0.29) is 11.8 Å². The van der Waals surface area contributed by atoms with Gasteiger partial charge in [0.05, 0.1) is 5.75 Å². The molecule has 1 aliphatic heterocycles. The number of amides is 2. The van der Waals surface area contributed by atoms with Gasteiger partial charge >= 0.3 is 0 Å². The molecule has 1 aromatic heterocycles. The van der Waals surface area contributed by atoms with Gasteiger partial charge in [0.25, 0.3) is 0 Å². The molecule has 2 heterocycles. The first-order chi connectivity index (χ1) is 15.5. The minimum absolute atomic E-state index is 0.00548. The Kier molecular flexibility index (Phi) is 7.20. The largest absolute Gasteiger partial charge is 0.351 e. The first-order valence-electron chi connectivity index (χ1n) is 11.3. The van der Waals surface area contributed by atoms with Crippen LogP contribution in [0.1, 0.15) is 30.9 Å². The van der Waals surface area contributed by atoms with E-state index in [0.717, 1.165) is 47.3 Å². The Hall–Kier alpha value is -2.73. The fraction of sp³-hybridized carbons (Fsp3) is 0.385. The van der Waals surface area contributed by atoms with Crippen molar-refractivity contribution in [1.29, 1.82) is 0 Å². The van der Waals surface area contributed by atoms with Crippen LogP contribution in [0.5, 0.6) is 0 Å². The zero-order valence-electron chi connectivity index (χ0n) is 18.8. The van der Waals surface area contributed by atoms with Crippen LogP contribution in [0.4, 0.5) is 0 Å². The third-order valence-corrected chi connectivity index (χ3v) is 7.21. The third-order valence-electron chi connectivity index (χ3n) is 6.16. The topological polar surface area (TPSA) is 54.3 Å². The van der Waals surface area contributed by atoms with Crippen LogP contribution in [0.2, 0.25) is 0 Å². The van der Waals surface area contributed by atoms with Gasteiger partial charge in [-0.1, -0.05) is 55.0 Å². The van der Waals surface area contributed by atoms with E-state index in [0.29, 0.717) is 24.8 Å². The summed E-state index contributed by atoms with van der Waals surface area (Å²) in [7, 11) is 0. The summed E-state index contributed by atoms with van der Waals surface area (Å²) in [5.41, 5.74) is 3.34. The number of thioether (sulfide) groups is 1. The van der Waals surface area contributed by atoms with Crippen molar-refractivity contribution in [2.75, 3.05) is 18.8 Å². The van der Waals surface area contributed by atoms with Crippen LogP contribution >= 0.6 is 11.8 Å². The molecule has 0 saturated carbocycles. The smallest absolute Gasteiger partial charge is 0.242 e. The van der Waals surface area contributed by atoms with E-state index in [1.807, 2.05) is 46.0 Å². The second-order valence-corrected chi connectivity index (χ2v) is 9.77. The lowest BCUT2D eigenvalue weighted by molar-refractivity contribution is -0.133. The minimum atomic E-state index is 0.00548. The molecule has 0 aliphatic carbocycles. The highest BCUT2D eigenvalue weighted by atomic mass is 32.2. The highest BCUT2D eigenvalue weighted by molar-refractivity contribution is 8.00. The van der Waals surface area contributed by atoms with Crippen molar-refractivity contribution in [1.82, 2.24) is 14.8 Å². The highest BCUT2D eigenvalue weighted by Gasteiger charge is 2.21. The van der Waals surface area contributed by atoms with Gasteiger partial charge in [-0.05, 0) is 37.3 Å². The SMILES string of the molecule is Cc1ccc(CNC(=O)CSc2cn(CC(=O)N3CCC(C)CC3)c3ccccc23)cc1. The Morgan fingerprint density at radius 2 is 1.78 bits per heavy atom. The molecule has 3 aromatic rings. The van der Waals surface area contributed by atoms with Crippen molar-refractivity contribution in [3.05, 3.63) is 65.9 Å². The van der Waals surface area contributed by atoms with Gasteiger partial charge in [0.15, 0.2) is 0 Å². The number of benzene rings is 2. The molecule has 1 fully saturated rings. The number of likely N-dealkylation sites (tertiary alicyclic amines) is 1. The van der Waals surface area contributed by atoms with Crippen molar-refractivity contribution < 1.29 is 9.59 Å². The number of aryl methyl sites for hydroxylation is 1. The van der Waals surface area contributed by atoms with E-state index in [1.165, 1.54) is 17.3 Å².